The van der Waals surface area contributed by atoms with E-state index in [1.54, 1.807) is 12.1 Å². The molecular weight excluding hydrogens is 252 g/mol. The molecule has 0 spiro atoms. The molecule has 0 aromatic heterocycles. The van der Waals surface area contributed by atoms with Crippen molar-refractivity contribution in [2.75, 3.05) is 5.75 Å². The Morgan fingerprint density at radius 1 is 1.62 bits per heavy atom. The molecule has 1 aromatic carbocycles. The highest BCUT2D eigenvalue weighted by Gasteiger charge is 2.11. The first-order valence-electron chi connectivity index (χ1n) is 3.81. The Kier molecular flexibility index (Phi) is 3.81. The van der Waals surface area contributed by atoms with E-state index in [1.165, 1.54) is 11.8 Å². The molecule has 0 amide bonds. The van der Waals surface area contributed by atoms with Crippen LogP contribution < -0.4 is 0 Å². The van der Waals surface area contributed by atoms with Gasteiger partial charge in [0.1, 0.15) is 0 Å². The number of benzene rings is 1. The van der Waals surface area contributed by atoms with Gasteiger partial charge in [-0.1, -0.05) is 13.0 Å². The van der Waals surface area contributed by atoms with Crippen LogP contribution >= 0.6 is 27.7 Å². The highest BCUT2D eigenvalue weighted by atomic mass is 79.9. The molecule has 13 heavy (non-hydrogen) atoms. The second kappa shape index (κ2) is 4.67. The number of aromatic carboxylic acids is 1. The van der Waals surface area contributed by atoms with Crippen molar-refractivity contribution in [3.63, 3.8) is 0 Å². The second-order valence-electron chi connectivity index (χ2n) is 2.35. The zero-order valence-electron chi connectivity index (χ0n) is 7.08. The molecule has 1 aromatic rings. The van der Waals surface area contributed by atoms with Crippen LogP contribution in [0.5, 0.6) is 0 Å². The van der Waals surface area contributed by atoms with Crippen LogP contribution in [0.15, 0.2) is 27.6 Å². The first kappa shape index (κ1) is 10.6. The Bertz CT molecular complexity index is 325. The minimum Gasteiger partial charge on any atom is -0.478 e. The first-order chi connectivity index (χ1) is 6.16. The van der Waals surface area contributed by atoms with Gasteiger partial charge in [-0.05, 0) is 33.8 Å². The molecule has 0 unspecified atom stereocenters. The summed E-state index contributed by atoms with van der Waals surface area (Å²) < 4.78 is 0.847. The Labute approximate surface area is 89.5 Å². The van der Waals surface area contributed by atoms with Crippen molar-refractivity contribution in [1.29, 1.82) is 0 Å². The molecular formula is C9H9BrO2S. The van der Waals surface area contributed by atoms with Gasteiger partial charge in [-0.2, -0.15) is 0 Å². The van der Waals surface area contributed by atoms with E-state index in [-0.39, 0.29) is 0 Å². The van der Waals surface area contributed by atoms with Crippen molar-refractivity contribution < 1.29 is 9.90 Å². The lowest BCUT2D eigenvalue weighted by Crippen LogP contribution is -1.99. The molecule has 0 atom stereocenters. The Morgan fingerprint density at radius 2 is 2.31 bits per heavy atom. The van der Waals surface area contributed by atoms with E-state index in [4.69, 9.17) is 5.11 Å². The number of thioether (sulfide) groups is 1. The maximum absolute atomic E-state index is 10.8. The molecule has 0 aliphatic heterocycles. The van der Waals surface area contributed by atoms with Gasteiger partial charge in [-0.15, -0.1) is 11.8 Å². The summed E-state index contributed by atoms with van der Waals surface area (Å²) in [6, 6.07) is 5.20. The average molecular weight is 261 g/mol. The third-order valence-corrected chi connectivity index (χ3v) is 3.43. The van der Waals surface area contributed by atoms with E-state index in [0.29, 0.717) is 5.56 Å². The summed E-state index contributed by atoms with van der Waals surface area (Å²) in [5.41, 5.74) is 0.362. The lowest BCUT2D eigenvalue weighted by molar-refractivity contribution is 0.0693. The van der Waals surface area contributed by atoms with Gasteiger partial charge in [0, 0.05) is 9.37 Å². The highest BCUT2D eigenvalue weighted by Crippen LogP contribution is 2.30. The number of rotatable bonds is 3. The molecule has 1 N–H and O–H groups in total. The molecule has 0 fully saturated rings. The topological polar surface area (TPSA) is 37.3 Å². The fraction of sp³-hybridized carbons (Fsp3) is 0.222. The second-order valence-corrected chi connectivity index (χ2v) is 4.48. The lowest BCUT2D eigenvalue weighted by atomic mass is 10.2. The minimum atomic E-state index is -0.878. The van der Waals surface area contributed by atoms with Gasteiger partial charge in [0.15, 0.2) is 0 Å². The summed E-state index contributed by atoms with van der Waals surface area (Å²) >= 11 is 4.86. The van der Waals surface area contributed by atoms with Crippen LogP contribution in [0, 0.1) is 0 Å². The molecule has 0 aliphatic rings. The largest absolute Gasteiger partial charge is 0.478 e. The van der Waals surface area contributed by atoms with E-state index < -0.39 is 5.97 Å². The molecule has 0 saturated carbocycles. The van der Waals surface area contributed by atoms with Gasteiger partial charge in [0.05, 0.1) is 5.56 Å². The number of hydrogen-bond acceptors (Lipinski definition) is 2. The summed E-state index contributed by atoms with van der Waals surface area (Å²) in [5.74, 6) is -0.0136. The van der Waals surface area contributed by atoms with Crippen molar-refractivity contribution >= 4 is 33.7 Å². The zero-order valence-corrected chi connectivity index (χ0v) is 9.48. The van der Waals surface area contributed by atoms with E-state index in [1.807, 2.05) is 13.0 Å². The molecule has 70 valence electrons. The molecule has 2 nitrogen and oxygen atoms in total. The average Bonchev–Trinajstić information content (AvgIpc) is 2.08. The SMILES string of the molecule is CCSc1c(Br)cccc1C(=O)O. The minimum absolute atomic E-state index is 0.362. The fourth-order valence-electron chi connectivity index (χ4n) is 0.968. The number of halogens is 1. The summed E-state index contributed by atoms with van der Waals surface area (Å²) in [5, 5.41) is 8.88. The van der Waals surface area contributed by atoms with Gasteiger partial charge in [0.2, 0.25) is 0 Å². The molecule has 0 radical (unpaired) electrons. The van der Waals surface area contributed by atoms with Gasteiger partial charge < -0.3 is 5.11 Å². The Balaban J connectivity index is 3.17. The first-order valence-corrected chi connectivity index (χ1v) is 5.59. The molecule has 1 rings (SSSR count). The van der Waals surface area contributed by atoms with Crippen molar-refractivity contribution in [3.8, 4) is 0 Å². The number of carboxylic acid groups (broad SMARTS) is 1. The summed E-state index contributed by atoms with van der Waals surface area (Å²) in [6.07, 6.45) is 0. The molecule has 0 heterocycles. The smallest absolute Gasteiger partial charge is 0.336 e. The summed E-state index contributed by atoms with van der Waals surface area (Å²) in [6.45, 7) is 2.00. The highest BCUT2D eigenvalue weighted by molar-refractivity contribution is 9.10. The Morgan fingerprint density at radius 3 is 2.85 bits per heavy atom. The van der Waals surface area contributed by atoms with E-state index in [9.17, 15) is 4.79 Å². The van der Waals surface area contributed by atoms with E-state index in [0.717, 1.165) is 15.1 Å². The van der Waals surface area contributed by atoms with Crippen LogP contribution in [0.2, 0.25) is 0 Å². The van der Waals surface area contributed by atoms with Crippen LogP contribution in [-0.4, -0.2) is 16.8 Å². The van der Waals surface area contributed by atoms with Gasteiger partial charge in [0.25, 0.3) is 0 Å². The van der Waals surface area contributed by atoms with Crippen LogP contribution in [0.25, 0.3) is 0 Å². The van der Waals surface area contributed by atoms with Crippen molar-refractivity contribution in [3.05, 3.63) is 28.2 Å². The third kappa shape index (κ3) is 2.48. The van der Waals surface area contributed by atoms with Crippen LogP contribution in [-0.2, 0) is 0 Å². The van der Waals surface area contributed by atoms with Crippen LogP contribution in [0.3, 0.4) is 0 Å². The van der Waals surface area contributed by atoms with Crippen molar-refractivity contribution in [1.82, 2.24) is 0 Å². The normalized spacial score (nSPS) is 10.0. The molecule has 4 heteroatoms. The number of carboxylic acids is 1. The fourth-order valence-corrected chi connectivity index (χ4v) is 2.48. The standard InChI is InChI=1S/C9H9BrO2S/c1-2-13-8-6(9(11)12)4-3-5-7(8)10/h3-5H,2H2,1H3,(H,11,12). The van der Waals surface area contributed by atoms with E-state index in [2.05, 4.69) is 15.9 Å². The summed E-state index contributed by atoms with van der Waals surface area (Å²) in [7, 11) is 0. The van der Waals surface area contributed by atoms with Gasteiger partial charge in [-0.25, -0.2) is 4.79 Å². The molecule has 0 aliphatic carbocycles. The maximum Gasteiger partial charge on any atom is 0.336 e. The van der Waals surface area contributed by atoms with Crippen molar-refractivity contribution in [2.24, 2.45) is 0 Å². The van der Waals surface area contributed by atoms with E-state index >= 15 is 0 Å². The van der Waals surface area contributed by atoms with Gasteiger partial charge in [-0.3, -0.25) is 0 Å². The number of hydrogen-bond donors (Lipinski definition) is 1. The summed E-state index contributed by atoms with van der Waals surface area (Å²) in [4.78, 5) is 11.6. The predicted octanol–water partition coefficient (Wildman–Crippen LogP) is 3.26. The third-order valence-electron chi connectivity index (χ3n) is 1.49. The number of carbonyl (C=O) groups is 1. The quantitative estimate of drug-likeness (QED) is 0.848. The molecule has 0 saturated heterocycles. The lowest BCUT2D eigenvalue weighted by Gasteiger charge is -2.05. The van der Waals surface area contributed by atoms with Crippen molar-refractivity contribution in [2.45, 2.75) is 11.8 Å². The monoisotopic (exact) mass is 260 g/mol. The van der Waals surface area contributed by atoms with Crippen LogP contribution in [0.1, 0.15) is 17.3 Å². The zero-order chi connectivity index (χ0) is 9.84. The predicted molar refractivity (Wildman–Crippen MR) is 57.5 cm³/mol. The van der Waals surface area contributed by atoms with Gasteiger partial charge >= 0.3 is 5.97 Å². The molecule has 0 bridgehead atoms. The Hall–Kier alpha value is -0.480. The maximum atomic E-state index is 10.8. The van der Waals surface area contributed by atoms with Crippen LogP contribution in [0.4, 0.5) is 0 Å².